The molecule has 0 radical (unpaired) electrons. The molecule has 3 saturated carbocycles. The van der Waals surface area contributed by atoms with E-state index >= 15 is 0 Å². The molecule has 12 atom stereocenters. The number of rotatable bonds is 12. The average Bonchev–Trinajstić information content (AvgIpc) is 3.01. The lowest BCUT2D eigenvalue weighted by molar-refractivity contribution is -0.124. The molecular weight excluding hydrogens is 576 g/mol. The van der Waals surface area contributed by atoms with Crippen molar-refractivity contribution in [3.8, 4) is 6.07 Å². The Labute approximate surface area is 271 Å². The van der Waals surface area contributed by atoms with Crippen molar-refractivity contribution in [3.63, 3.8) is 0 Å². The zero-order chi connectivity index (χ0) is 31.1. The first kappa shape index (κ1) is 34.3. The molecular formula is C34H59ClN6O3. The van der Waals surface area contributed by atoms with E-state index in [1.54, 1.807) is 0 Å². The van der Waals surface area contributed by atoms with Crippen LogP contribution in [0.15, 0.2) is 0 Å². The highest BCUT2D eigenvalue weighted by molar-refractivity contribution is 6.21. The minimum atomic E-state index is -0.125. The highest BCUT2D eigenvalue weighted by Gasteiger charge is 2.47. The second-order valence-corrected chi connectivity index (χ2v) is 15.2. The van der Waals surface area contributed by atoms with Crippen molar-refractivity contribution in [1.29, 1.82) is 5.26 Å². The first-order chi connectivity index (χ1) is 21.3. The smallest absolute Gasteiger partial charge is 0.220 e. The molecule has 0 aromatic carbocycles. The van der Waals surface area contributed by atoms with Gasteiger partial charge in [-0.1, -0.05) is 12.8 Å². The van der Waals surface area contributed by atoms with Gasteiger partial charge in [0, 0.05) is 49.8 Å². The fourth-order valence-corrected chi connectivity index (χ4v) is 9.34. The van der Waals surface area contributed by atoms with Gasteiger partial charge in [0.2, 0.25) is 5.91 Å². The third kappa shape index (κ3) is 9.08. The van der Waals surface area contributed by atoms with E-state index in [9.17, 15) is 10.1 Å². The van der Waals surface area contributed by atoms with Gasteiger partial charge in [-0.2, -0.15) is 5.26 Å². The number of nitriles is 1. The van der Waals surface area contributed by atoms with Crippen LogP contribution in [0.2, 0.25) is 0 Å². The number of hydrogen-bond donors (Lipinski definition) is 4. The van der Waals surface area contributed by atoms with Crippen molar-refractivity contribution in [2.75, 3.05) is 40.4 Å². The second-order valence-electron chi connectivity index (χ2n) is 14.6. The van der Waals surface area contributed by atoms with E-state index in [0.29, 0.717) is 31.7 Å². The molecule has 0 bridgehead atoms. The third-order valence-electron chi connectivity index (χ3n) is 11.3. The highest BCUT2D eigenvalue weighted by atomic mass is 35.5. The minimum Gasteiger partial charge on any atom is -0.376 e. The summed E-state index contributed by atoms with van der Waals surface area (Å²) in [4.78, 5) is 15.0. The van der Waals surface area contributed by atoms with Crippen LogP contribution in [0.1, 0.15) is 90.4 Å². The monoisotopic (exact) mass is 634 g/mol. The molecule has 1 amide bonds. The molecule has 12 unspecified atom stereocenters. The molecule has 10 heteroatoms. The Morgan fingerprint density at radius 1 is 1.02 bits per heavy atom. The van der Waals surface area contributed by atoms with Gasteiger partial charge in [0.25, 0.3) is 0 Å². The summed E-state index contributed by atoms with van der Waals surface area (Å²) in [6, 6.07) is 4.25. The third-order valence-corrected chi connectivity index (χ3v) is 11.7. The predicted octanol–water partition coefficient (Wildman–Crippen LogP) is 3.55. The molecule has 5 aliphatic rings. The van der Waals surface area contributed by atoms with Crippen LogP contribution in [-0.4, -0.2) is 105 Å². The molecule has 4 N–H and O–H groups in total. The molecule has 2 aliphatic heterocycles. The van der Waals surface area contributed by atoms with Gasteiger partial charge in [-0.05, 0) is 104 Å². The topological polar surface area (TPSA) is 111 Å². The van der Waals surface area contributed by atoms with E-state index in [4.69, 9.17) is 21.1 Å². The van der Waals surface area contributed by atoms with Gasteiger partial charge in [-0.15, -0.1) is 11.6 Å². The maximum absolute atomic E-state index is 12.9. The summed E-state index contributed by atoms with van der Waals surface area (Å²) in [6.45, 7) is 4.97. The maximum Gasteiger partial charge on any atom is 0.220 e. The summed E-state index contributed by atoms with van der Waals surface area (Å²) in [5, 5.41) is 24.9. The van der Waals surface area contributed by atoms with Crippen LogP contribution in [0, 0.1) is 29.1 Å². The van der Waals surface area contributed by atoms with Crippen molar-refractivity contribution >= 4 is 17.5 Å². The zero-order valence-electron chi connectivity index (χ0n) is 27.4. The number of nitrogens with one attached hydrogen (secondary N) is 4. The molecule has 0 aromatic rings. The summed E-state index contributed by atoms with van der Waals surface area (Å²) in [5.74, 6) is 1.07. The minimum absolute atomic E-state index is 0.0201. The van der Waals surface area contributed by atoms with E-state index in [-0.39, 0.29) is 59.5 Å². The Hall–Kier alpha value is -0.990. The quantitative estimate of drug-likeness (QED) is 0.241. The first-order valence-electron chi connectivity index (χ1n) is 17.8. The fourth-order valence-electron chi connectivity index (χ4n) is 8.93. The number of alkyl halides is 1. The van der Waals surface area contributed by atoms with Crippen LogP contribution < -0.4 is 21.3 Å². The van der Waals surface area contributed by atoms with Crippen LogP contribution in [0.5, 0.6) is 0 Å². The Morgan fingerprint density at radius 2 is 1.86 bits per heavy atom. The molecule has 0 aromatic heterocycles. The van der Waals surface area contributed by atoms with Crippen LogP contribution >= 0.6 is 11.6 Å². The number of hydrogen-bond acceptors (Lipinski definition) is 8. The number of fused-ring (bicyclic) bond motifs is 2. The lowest BCUT2D eigenvalue weighted by Crippen LogP contribution is -2.66. The summed E-state index contributed by atoms with van der Waals surface area (Å²) in [5.41, 5.74) is 0. The Morgan fingerprint density at radius 3 is 2.64 bits per heavy atom. The predicted molar refractivity (Wildman–Crippen MR) is 175 cm³/mol. The maximum atomic E-state index is 12.9. The molecule has 44 heavy (non-hydrogen) atoms. The summed E-state index contributed by atoms with van der Waals surface area (Å²) in [6.07, 6.45) is 13.8. The van der Waals surface area contributed by atoms with E-state index in [1.165, 1.54) is 38.5 Å². The summed E-state index contributed by atoms with van der Waals surface area (Å²) >= 11 is 7.00. The number of piperidine rings is 2. The van der Waals surface area contributed by atoms with Crippen LogP contribution in [0.25, 0.3) is 0 Å². The average molecular weight is 635 g/mol. The van der Waals surface area contributed by atoms with Crippen LogP contribution in [0.4, 0.5) is 0 Å². The molecule has 250 valence electrons. The molecule has 2 heterocycles. The van der Waals surface area contributed by atoms with Crippen molar-refractivity contribution in [1.82, 2.24) is 26.2 Å². The van der Waals surface area contributed by atoms with Crippen molar-refractivity contribution in [2.24, 2.45) is 17.8 Å². The van der Waals surface area contributed by atoms with Gasteiger partial charge in [-0.25, -0.2) is 0 Å². The van der Waals surface area contributed by atoms with E-state index in [1.807, 2.05) is 21.0 Å². The number of carbonyl (C=O) groups is 1. The normalized spacial score (nSPS) is 40.9. The largest absolute Gasteiger partial charge is 0.376 e. The Balaban J connectivity index is 1.14. The lowest BCUT2D eigenvalue weighted by Gasteiger charge is -2.50. The van der Waals surface area contributed by atoms with Crippen molar-refractivity contribution in [2.45, 2.75) is 144 Å². The molecule has 0 spiro atoms. The van der Waals surface area contributed by atoms with Crippen LogP contribution in [-0.2, 0) is 14.3 Å². The van der Waals surface area contributed by atoms with Gasteiger partial charge in [0.05, 0.1) is 42.2 Å². The van der Waals surface area contributed by atoms with Crippen molar-refractivity contribution in [3.05, 3.63) is 0 Å². The summed E-state index contributed by atoms with van der Waals surface area (Å²) in [7, 11) is 4.06. The zero-order valence-corrected chi connectivity index (χ0v) is 28.2. The highest BCUT2D eigenvalue weighted by Crippen LogP contribution is 2.37. The number of amides is 1. The van der Waals surface area contributed by atoms with Gasteiger partial charge < -0.3 is 35.6 Å². The van der Waals surface area contributed by atoms with Crippen LogP contribution in [0.3, 0.4) is 0 Å². The molecule has 9 nitrogen and oxygen atoms in total. The number of carbonyl (C=O) groups excluding carboxylic acids is 1. The number of halogens is 1. The van der Waals surface area contributed by atoms with Gasteiger partial charge in [0.1, 0.15) is 0 Å². The van der Waals surface area contributed by atoms with Crippen molar-refractivity contribution < 1.29 is 14.3 Å². The fraction of sp³-hybridized carbons (Fsp3) is 0.941. The van der Waals surface area contributed by atoms with E-state index in [2.05, 4.69) is 32.2 Å². The lowest BCUT2D eigenvalue weighted by atomic mass is 9.69. The van der Waals surface area contributed by atoms with Gasteiger partial charge in [-0.3, -0.25) is 4.79 Å². The second kappa shape index (κ2) is 16.7. The summed E-state index contributed by atoms with van der Waals surface area (Å²) < 4.78 is 12.6. The molecule has 5 rings (SSSR count). The number of ether oxygens (including phenoxy) is 2. The standard InChI is InChI=1S/C34H59ClN6O3/c1-4-43-32-18-29-26(17-30(32)40-33(42)10-7-15-41(2)3)34(23(19-36)20-37-29)39-24-13-14-31(27(35)16-24)44-21-25-12-11-22-8-5-6-9-28(22)38-25/h22-32,34,37-39H,4-18,20-21H2,1-3H3,(H,40,42). The van der Waals surface area contributed by atoms with E-state index in [0.717, 1.165) is 57.6 Å². The Bertz CT molecular complexity index is 950. The molecule has 5 fully saturated rings. The van der Waals surface area contributed by atoms with Gasteiger partial charge in [0.15, 0.2) is 0 Å². The Kier molecular flexibility index (Phi) is 13.1. The SMILES string of the molecule is CCOC1CC2NCC(C#N)C(NC3CCC(OCC4CCC5CCCCC5N4)C(Cl)C3)C2CC1NC(=O)CCCN(C)C. The first-order valence-corrected chi connectivity index (χ1v) is 18.2. The van der Waals surface area contributed by atoms with E-state index < -0.39 is 0 Å². The molecule has 2 saturated heterocycles. The van der Waals surface area contributed by atoms with Gasteiger partial charge >= 0.3 is 0 Å². The number of nitrogens with zero attached hydrogens (tertiary/aromatic N) is 2. The molecule has 3 aliphatic carbocycles.